The number of amides is 2. The lowest BCUT2D eigenvalue weighted by atomic mass is 10.2. The Morgan fingerprint density at radius 1 is 1.15 bits per heavy atom. The van der Waals surface area contributed by atoms with Crippen LogP contribution in [-0.4, -0.2) is 22.4 Å². The van der Waals surface area contributed by atoms with Crippen molar-refractivity contribution >= 4 is 11.7 Å². The highest BCUT2D eigenvalue weighted by atomic mass is 16.5. The second-order valence-corrected chi connectivity index (χ2v) is 5.92. The molecule has 1 heterocycles. The van der Waals surface area contributed by atoms with E-state index in [9.17, 15) is 4.79 Å². The summed E-state index contributed by atoms with van der Waals surface area (Å²) in [6.45, 7) is 3.33. The van der Waals surface area contributed by atoms with Crippen LogP contribution in [0.2, 0.25) is 0 Å². The van der Waals surface area contributed by atoms with E-state index < -0.39 is 0 Å². The first-order chi connectivity index (χ1) is 12.7. The van der Waals surface area contributed by atoms with Gasteiger partial charge in [0, 0.05) is 25.5 Å². The highest BCUT2D eigenvalue weighted by molar-refractivity contribution is 5.90. The zero-order valence-electron chi connectivity index (χ0n) is 14.7. The van der Waals surface area contributed by atoms with E-state index in [2.05, 4.69) is 15.7 Å². The Morgan fingerprint density at radius 2 is 2.04 bits per heavy atom. The summed E-state index contributed by atoms with van der Waals surface area (Å²) in [5.41, 5.74) is 1.74. The van der Waals surface area contributed by atoms with E-state index in [0.29, 0.717) is 18.0 Å². The van der Waals surface area contributed by atoms with Crippen molar-refractivity contribution in [2.75, 3.05) is 11.9 Å². The van der Waals surface area contributed by atoms with E-state index >= 15 is 0 Å². The van der Waals surface area contributed by atoms with Gasteiger partial charge in [-0.3, -0.25) is 4.68 Å². The second kappa shape index (κ2) is 8.71. The van der Waals surface area contributed by atoms with Crippen molar-refractivity contribution < 1.29 is 9.53 Å². The summed E-state index contributed by atoms with van der Waals surface area (Å²) in [7, 11) is 0. The van der Waals surface area contributed by atoms with Gasteiger partial charge < -0.3 is 15.4 Å². The Morgan fingerprint density at radius 3 is 2.85 bits per heavy atom. The maximum Gasteiger partial charge on any atom is 0.319 e. The van der Waals surface area contributed by atoms with E-state index in [1.807, 2.05) is 72.4 Å². The van der Waals surface area contributed by atoms with E-state index in [0.717, 1.165) is 24.3 Å². The average molecular weight is 350 g/mol. The first-order valence-corrected chi connectivity index (χ1v) is 8.56. The van der Waals surface area contributed by atoms with Crippen LogP contribution in [-0.2, 0) is 6.54 Å². The fourth-order valence-corrected chi connectivity index (χ4v) is 2.51. The standard InChI is InChI=1S/C20H22N4O2/c1-16-7-4-8-17(15-16)26-19-10-3-2-9-18(19)23-20(25)21-11-5-13-24-14-6-12-22-24/h2-4,6-10,12,14-15H,5,11,13H2,1H3,(H2,21,23,25). The van der Waals surface area contributed by atoms with Crippen LogP contribution in [0.4, 0.5) is 10.5 Å². The molecule has 0 aliphatic heterocycles. The van der Waals surface area contributed by atoms with Gasteiger partial charge in [-0.05, 0) is 49.2 Å². The molecule has 3 rings (SSSR count). The third-order valence-electron chi connectivity index (χ3n) is 3.76. The van der Waals surface area contributed by atoms with E-state index in [1.54, 1.807) is 6.20 Å². The van der Waals surface area contributed by atoms with Crippen LogP contribution in [0.1, 0.15) is 12.0 Å². The molecule has 3 aromatic rings. The number of carbonyl (C=O) groups is 1. The monoisotopic (exact) mass is 350 g/mol. The van der Waals surface area contributed by atoms with Crippen LogP contribution in [0.5, 0.6) is 11.5 Å². The topological polar surface area (TPSA) is 68.2 Å². The Balaban J connectivity index is 1.53. The number of nitrogens with zero attached hydrogens (tertiary/aromatic N) is 2. The van der Waals surface area contributed by atoms with E-state index in [4.69, 9.17) is 4.74 Å². The number of hydrogen-bond acceptors (Lipinski definition) is 3. The SMILES string of the molecule is Cc1cccc(Oc2ccccc2NC(=O)NCCCn2cccn2)c1. The lowest BCUT2D eigenvalue weighted by Crippen LogP contribution is -2.30. The molecule has 0 aliphatic carbocycles. The number of para-hydroxylation sites is 2. The number of rotatable bonds is 7. The van der Waals surface area contributed by atoms with Crippen LogP contribution in [0.25, 0.3) is 0 Å². The highest BCUT2D eigenvalue weighted by Gasteiger charge is 2.08. The third kappa shape index (κ3) is 5.11. The van der Waals surface area contributed by atoms with Crippen molar-refractivity contribution in [2.45, 2.75) is 19.9 Å². The first-order valence-electron chi connectivity index (χ1n) is 8.56. The Labute approximate surface area is 152 Å². The maximum absolute atomic E-state index is 12.1. The van der Waals surface area contributed by atoms with Crippen molar-refractivity contribution in [1.29, 1.82) is 0 Å². The summed E-state index contributed by atoms with van der Waals surface area (Å²) >= 11 is 0. The molecule has 6 nitrogen and oxygen atoms in total. The summed E-state index contributed by atoms with van der Waals surface area (Å²) < 4.78 is 7.75. The average Bonchev–Trinajstić information content (AvgIpc) is 3.14. The summed E-state index contributed by atoms with van der Waals surface area (Å²) in [6, 6.07) is 16.8. The van der Waals surface area contributed by atoms with Crippen molar-refractivity contribution in [2.24, 2.45) is 0 Å². The van der Waals surface area contributed by atoms with Gasteiger partial charge in [0.1, 0.15) is 5.75 Å². The van der Waals surface area contributed by atoms with Crippen molar-refractivity contribution in [3.63, 3.8) is 0 Å². The largest absolute Gasteiger partial charge is 0.455 e. The third-order valence-corrected chi connectivity index (χ3v) is 3.76. The van der Waals surface area contributed by atoms with Crippen LogP contribution < -0.4 is 15.4 Å². The van der Waals surface area contributed by atoms with E-state index in [-0.39, 0.29) is 6.03 Å². The molecule has 6 heteroatoms. The lowest BCUT2D eigenvalue weighted by Gasteiger charge is -2.13. The van der Waals surface area contributed by atoms with Crippen LogP contribution in [0.15, 0.2) is 67.0 Å². The normalized spacial score (nSPS) is 10.3. The van der Waals surface area contributed by atoms with Gasteiger partial charge in [-0.15, -0.1) is 0 Å². The molecule has 134 valence electrons. The predicted molar refractivity (Wildman–Crippen MR) is 102 cm³/mol. The molecule has 0 fully saturated rings. The number of aryl methyl sites for hydroxylation is 2. The van der Waals surface area contributed by atoms with Gasteiger partial charge in [0.25, 0.3) is 0 Å². The van der Waals surface area contributed by atoms with Gasteiger partial charge in [0.15, 0.2) is 5.75 Å². The molecular formula is C20H22N4O2. The van der Waals surface area contributed by atoms with Gasteiger partial charge in [-0.2, -0.15) is 5.10 Å². The summed E-state index contributed by atoms with van der Waals surface area (Å²) in [6.07, 6.45) is 4.45. The molecule has 2 N–H and O–H groups in total. The summed E-state index contributed by atoms with van der Waals surface area (Å²) in [5.74, 6) is 1.34. The summed E-state index contributed by atoms with van der Waals surface area (Å²) in [5, 5.41) is 9.82. The molecule has 1 aromatic heterocycles. The van der Waals surface area contributed by atoms with Crippen molar-refractivity contribution in [3.05, 3.63) is 72.6 Å². The maximum atomic E-state index is 12.1. The quantitative estimate of drug-likeness (QED) is 0.628. The molecule has 0 unspecified atom stereocenters. The Hall–Kier alpha value is -3.28. The second-order valence-electron chi connectivity index (χ2n) is 5.92. The molecule has 26 heavy (non-hydrogen) atoms. The van der Waals surface area contributed by atoms with E-state index in [1.165, 1.54) is 0 Å². The number of ether oxygens (including phenoxy) is 1. The number of urea groups is 1. The summed E-state index contributed by atoms with van der Waals surface area (Å²) in [4.78, 5) is 12.1. The minimum atomic E-state index is -0.259. The Kier molecular flexibility index (Phi) is 5.88. The Bertz CT molecular complexity index is 847. The van der Waals surface area contributed by atoms with Crippen LogP contribution >= 0.6 is 0 Å². The highest BCUT2D eigenvalue weighted by Crippen LogP contribution is 2.29. The number of hydrogen-bond donors (Lipinski definition) is 2. The fraction of sp³-hybridized carbons (Fsp3) is 0.200. The number of anilines is 1. The minimum absolute atomic E-state index is 0.259. The molecule has 0 saturated heterocycles. The number of aromatic nitrogens is 2. The van der Waals surface area contributed by atoms with Gasteiger partial charge in [-0.25, -0.2) is 4.79 Å². The van der Waals surface area contributed by atoms with Crippen molar-refractivity contribution in [1.82, 2.24) is 15.1 Å². The molecule has 0 spiro atoms. The molecular weight excluding hydrogens is 328 g/mol. The fourth-order valence-electron chi connectivity index (χ4n) is 2.51. The zero-order chi connectivity index (χ0) is 18.2. The van der Waals surface area contributed by atoms with Gasteiger partial charge in [-0.1, -0.05) is 24.3 Å². The number of nitrogens with one attached hydrogen (secondary N) is 2. The molecule has 0 radical (unpaired) electrons. The van der Waals surface area contributed by atoms with Gasteiger partial charge in [0.2, 0.25) is 0 Å². The molecule has 0 aliphatic rings. The van der Waals surface area contributed by atoms with Crippen LogP contribution in [0, 0.1) is 6.92 Å². The number of carbonyl (C=O) groups excluding carboxylic acids is 1. The molecule has 0 atom stereocenters. The molecule has 2 amide bonds. The minimum Gasteiger partial charge on any atom is -0.455 e. The molecule has 0 saturated carbocycles. The van der Waals surface area contributed by atoms with Crippen LogP contribution in [0.3, 0.4) is 0 Å². The molecule has 2 aromatic carbocycles. The molecule has 0 bridgehead atoms. The lowest BCUT2D eigenvalue weighted by molar-refractivity contribution is 0.251. The number of benzene rings is 2. The zero-order valence-corrected chi connectivity index (χ0v) is 14.7. The smallest absolute Gasteiger partial charge is 0.319 e. The van der Waals surface area contributed by atoms with Crippen molar-refractivity contribution in [3.8, 4) is 11.5 Å². The van der Waals surface area contributed by atoms with Gasteiger partial charge in [0.05, 0.1) is 5.69 Å². The predicted octanol–water partition coefficient (Wildman–Crippen LogP) is 4.20. The first kappa shape index (κ1) is 17.5. The van der Waals surface area contributed by atoms with Gasteiger partial charge >= 0.3 is 6.03 Å².